The molecule has 1 atom stereocenters. The SMILES string of the molecule is Cc1ccc2c(c1)OC(C)(C)C[C@H]2NC(=O)CSCc1ccc(F)cc1. The number of fused-ring (bicyclic) bond motifs is 1. The molecule has 1 amide bonds. The molecular formula is C21H24FNO2S. The molecule has 3 nitrogen and oxygen atoms in total. The highest BCUT2D eigenvalue weighted by Crippen LogP contribution is 2.39. The van der Waals surface area contributed by atoms with Crippen LogP contribution in [0.15, 0.2) is 42.5 Å². The number of benzene rings is 2. The van der Waals surface area contributed by atoms with E-state index in [0.29, 0.717) is 11.5 Å². The summed E-state index contributed by atoms with van der Waals surface area (Å²) in [5, 5.41) is 3.15. The van der Waals surface area contributed by atoms with Gasteiger partial charge in [-0.25, -0.2) is 4.39 Å². The second-order valence-electron chi connectivity index (χ2n) is 7.35. The number of rotatable bonds is 5. The smallest absolute Gasteiger partial charge is 0.230 e. The van der Waals surface area contributed by atoms with Gasteiger partial charge in [0.25, 0.3) is 0 Å². The number of hydrogen-bond acceptors (Lipinski definition) is 3. The fourth-order valence-electron chi connectivity index (χ4n) is 3.17. The van der Waals surface area contributed by atoms with E-state index in [1.807, 2.05) is 39.0 Å². The molecule has 0 unspecified atom stereocenters. The minimum Gasteiger partial charge on any atom is -0.487 e. The predicted octanol–water partition coefficient (Wildman–Crippen LogP) is 4.79. The minimum atomic E-state index is -0.319. The molecule has 138 valence electrons. The molecule has 5 heteroatoms. The van der Waals surface area contributed by atoms with E-state index in [4.69, 9.17) is 4.74 Å². The van der Waals surface area contributed by atoms with E-state index in [1.165, 1.54) is 23.9 Å². The number of aryl methyl sites for hydroxylation is 1. The Labute approximate surface area is 158 Å². The van der Waals surface area contributed by atoms with Gasteiger partial charge < -0.3 is 10.1 Å². The highest BCUT2D eigenvalue weighted by molar-refractivity contribution is 7.99. The molecule has 1 N–H and O–H groups in total. The lowest BCUT2D eigenvalue weighted by atomic mass is 9.89. The third-order valence-electron chi connectivity index (χ3n) is 4.38. The second kappa shape index (κ2) is 7.70. The first-order valence-corrected chi connectivity index (χ1v) is 9.89. The van der Waals surface area contributed by atoms with Crippen molar-refractivity contribution < 1.29 is 13.9 Å². The number of thioether (sulfide) groups is 1. The van der Waals surface area contributed by atoms with E-state index in [-0.39, 0.29) is 23.4 Å². The number of amides is 1. The van der Waals surface area contributed by atoms with Crippen LogP contribution in [0, 0.1) is 12.7 Å². The summed E-state index contributed by atoms with van der Waals surface area (Å²) in [6.07, 6.45) is 0.734. The molecule has 0 saturated carbocycles. The van der Waals surface area contributed by atoms with Crippen molar-refractivity contribution in [3.8, 4) is 5.75 Å². The van der Waals surface area contributed by atoms with Gasteiger partial charge >= 0.3 is 0 Å². The van der Waals surface area contributed by atoms with Gasteiger partial charge in [-0.05, 0) is 50.1 Å². The van der Waals surface area contributed by atoms with Gasteiger partial charge in [0.2, 0.25) is 5.91 Å². The van der Waals surface area contributed by atoms with Crippen molar-refractivity contribution >= 4 is 17.7 Å². The molecule has 1 heterocycles. The second-order valence-corrected chi connectivity index (χ2v) is 8.33. The maximum Gasteiger partial charge on any atom is 0.230 e. The number of carbonyl (C=O) groups is 1. The lowest BCUT2D eigenvalue weighted by molar-refractivity contribution is -0.119. The molecule has 0 saturated heterocycles. The van der Waals surface area contributed by atoms with Gasteiger partial charge in [-0.15, -0.1) is 11.8 Å². The molecule has 0 aromatic heterocycles. The number of hydrogen-bond donors (Lipinski definition) is 1. The fourth-order valence-corrected chi connectivity index (χ4v) is 3.96. The predicted molar refractivity (Wildman–Crippen MR) is 104 cm³/mol. The van der Waals surface area contributed by atoms with Gasteiger partial charge in [-0.1, -0.05) is 24.3 Å². The van der Waals surface area contributed by atoms with Crippen LogP contribution in [0.2, 0.25) is 0 Å². The van der Waals surface area contributed by atoms with Crippen LogP contribution >= 0.6 is 11.8 Å². The summed E-state index contributed by atoms with van der Waals surface area (Å²) in [5.74, 6) is 1.67. The summed E-state index contributed by atoms with van der Waals surface area (Å²) < 4.78 is 19.0. The van der Waals surface area contributed by atoms with Gasteiger partial charge in [-0.3, -0.25) is 4.79 Å². The monoisotopic (exact) mass is 373 g/mol. The third-order valence-corrected chi connectivity index (χ3v) is 5.38. The Hall–Kier alpha value is -2.01. The van der Waals surface area contributed by atoms with Gasteiger partial charge in [0, 0.05) is 17.7 Å². The summed E-state index contributed by atoms with van der Waals surface area (Å²) in [4.78, 5) is 12.4. The van der Waals surface area contributed by atoms with Gasteiger partial charge in [0.05, 0.1) is 11.8 Å². The normalized spacial score (nSPS) is 17.9. The van der Waals surface area contributed by atoms with Gasteiger partial charge in [0.15, 0.2) is 0 Å². The first-order chi connectivity index (χ1) is 12.3. The lowest BCUT2D eigenvalue weighted by Gasteiger charge is -2.38. The number of carbonyl (C=O) groups excluding carboxylic acids is 1. The maximum absolute atomic E-state index is 12.9. The Morgan fingerprint density at radius 2 is 2.00 bits per heavy atom. The van der Waals surface area contributed by atoms with Crippen molar-refractivity contribution in [2.24, 2.45) is 0 Å². The van der Waals surface area contributed by atoms with E-state index in [0.717, 1.165) is 28.9 Å². The molecule has 0 radical (unpaired) electrons. The molecule has 0 spiro atoms. The fraction of sp³-hybridized carbons (Fsp3) is 0.381. The highest BCUT2D eigenvalue weighted by Gasteiger charge is 2.34. The molecule has 0 fully saturated rings. The Bertz CT molecular complexity index is 789. The average Bonchev–Trinajstić information content (AvgIpc) is 2.55. The molecule has 1 aliphatic heterocycles. The van der Waals surface area contributed by atoms with Crippen LogP contribution in [-0.2, 0) is 10.5 Å². The standard InChI is InChI=1S/C21H24FNO2S/c1-14-4-9-17-18(11-21(2,3)25-19(17)10-14)23-20(24)13-26-12-15-5-7-16(22)8-6-15/h4-10,18H,11-13H2,1-3H3,(H,23,24)/t18-/m1/s1. The third kappa shape index (κ3) is 4.79. The minimum absolute atomic E-state index is 0.00587. The van der Waals surface area contributed by atoms with Crippen molar-refractivity contribution in [3.63, 3.8) is 0 Å². The van der Waals surface area contributed by atoms with Crippen LogP contribution in [0.4, 0.5) is 4.39 Å². The van der Waals surface area contributed by atoms with E-state index in [1.54, 1.807) is 12.1 Å². The summed E-state index contributed by atoms with van der Waals surface area (Å²) in [5.41, 5.74) is 2.87. The molecule has 2 aromatic carbocycles. The molecular weight excluding hydrogens is 349 g/mol. The van der Waals surface area contributed by atoms with Crippen molar-refractivity contribution in [2.45, 2.75) is 44.6 Å². The van der Waals surface area contributed by atoms with E-state index >= 15 is 0 Å². The zero-order valence-electron chi connectivity index (χ0n) is 15.3. The van der Waals surface area contributed by atoms with Crippen molar-refractivity contribution in [1.29, 1.82) is 0 Å². The van der Waals surface area contributed by atoms with Crippen LogP contribution in [0.1, 0.15) is 43.0 Å². The zero-order chi connectivity index (χ0) is 18.7. The molecule has 1 aliphatic rings. The van der Waals surface area contributed by atoms with Crippen molar-refractivity contribution in [3.05, 3.63) is 65.0 Å². The Morgan fingerprint density at radius 1 is 1.27 bits per heavy atom. The van der Waals surface area contributed by atoms with Crippen molar-refractivity contribution in [2.75, 3.05) is 5.75 Å². The molecule has 0 aliphatic carbocycles. The topological polar surface area (TPSA) is 38.3 Å². The summed E-state index contributed by atoms with van der Waals surface area (Å²) >= 11 is 1.53. The van der Waals surface area contributed by atoms with Gasteiger partial charge in [-0.2, -0.15) is 0 Å². The van der Waals surface area contributed by atoms with E-state index in [9.17, 15) is 9.18 Å². The van der Waals surface area contributed by atoms with E-state index in [2.05, 4.69) is 5.32 Å². The molecule has 26 heavy (non-hydrogen) atoms. The van der Waals surface area contributed by atoms with Crippen LogP contribution in [0.5, 0.6) is 5.75 Å². The lowest BCUT2D eigenvalue weighted by Crippen LogP contribution is -2.41. The van der Waals surface area contributed by atoms with Crippen LogP contribution in [0.25, 0.3) is 0 Å². The van der Waals surface area contributed by atoms with Gasteiger partial charge in [0.1, 0.15) is 17.2 Å². The first-order valence-electron chi connectivity index (χ1n) is 8.73. The molecule has 3 rings (SSSR count). The quantitative estimate of drug-likeness (QED) is 0.819. The summed E-state index contributed by atoms with van der Waals surface area (Å²) in [6.45, 7) is 6.12. The van der Waals surface area contributed by atoms with E-state index < -0.39 is 0 Å². The van der Waals surface area contributed by atoms with Crippen molar-refractivity contribution in [1.82, 2.24) is 5.32 Å². The molecule has 2 aromatic rings. The van der Waals surface area contributed by atoms with Crippen LogP contribution < -0.4 is 10.1 Å². The van der Waals surface area contributed by atoms with Crippen LogP contribution in [0.3, 0.4) is 0 Å². The number of halogens is 1. The Balaban J connectivity index is 1.59. The zero-order valence-corrected chi connectivity index (χ0v) is 16.2. The van der Waals surface area contributed by atoms with Crippen LogP contribution in [-0.4, -0.2) is 17.3 Å². The largest absolute Gasteiger partial charge is 0.487 e. The Kier molecular flexibility index (Phi) is 5.56. The number of nitrogens with one attached hydrogen (secondary N) is 1. The summed E-state index contributed by atoms with van der Waals surface area (Å²) in [6, 6.07) is 12.4. The summed E-state index contributed by atoms with van der Waals surface area (Å²) in [7, 11) is 0. The molecule has 0 bridgehead atoms. The maximum atomic E-state index is 12.9. The Morgan fingerprint density at radius 3 is 2.73 bits per heavy atom. The highest BCUT2D eigenvalue weighted by atomic mass is 32.2. The number of ether oxygens (including phenoxy) is 1. The average molecular weight is 373 g/mol. The first kappa shape index (κ1) is 18.8.